The van der Waals surface area contributed by atoms with E-state index in [4.69, 9.17) is 0 Å². The average molecular weight is 417 g/mol. The maximum atomic E-state index is 12.8. The Morgan fingerprint density at radius 1 is 1.03 bits per heavy atom. The van der Waals surface area contributed by atoms with Crippen LogP contribution in [0.5, 0.6) is 0 Å². The minimum absolute atomic E-state index is 0.0472. The number of pyridine rings is 1. The summed E-state index contributed by atoms with van der Waals surface area (Å²) in [6, 6.07) is 6.08. The van der Waals surface area contributed by atoms with Crippen LogP contribution in [0.15, 0.2) is 30.6 Å². The highest BCUT2D eigenvalue weighted by Crippen LogP contribution is 2.34. The number of piperidine rings is 2. The molecule has 0 atom stereocenters. The number of carbonyl (C=O) groups excluding carboxylic acids is 1. The number of hydrogen-bond acceptors (Lipinski definition) is 5. The van der Waals surface area contributed by atoms with E-state index in [1.54, 1.807) is 6.20 Å². The first-order chi connectivity index (χ1) is 13.9. The van der Waals surface area contributed by atoms with Crippen molar-refractivity contribution in [2.24, 2.45) is 5.92 Å². The number of hydrogen-bond donors (Lipinski definition) is 1. The minimum Gasteiger partial charge on any atom is -0.371 e. The number of carbonyl (C=O) groups is 1. The first-order valence-corrected chi connectivity index (χ1v) is 12.2. The second kappa shape index (κ2) is 8.28. The predicted molar refractivity (Wildman–Crippen MR) is 116 cm³/mol. The van der Waals surface area contributed by atoms with Crippen molar-refractivity contribution in [3.8, 4) is 0 Å². The van der Waals surface area contributed by atoms with Crippen LogP contribution < -0.4 is 10.2 Å². The van der Waals surface area contributed by atoms with Crippen LogP contribution in [-0.4, -0.2) is 56.0 Å². The molecule has 2 aliphatic rings. The van der Waals surface area contributed by atoms with Crippen LogP contribution in [0.2, 0.25) is 0 Å². The number of nitrogens with one attached hydrogen (secondary N) is 1. The molecule has 8 heteroatoms. The highest BCUT2D eigenvalue weighted by Gasteiger charge is 2.29. The number of fused-ring (bicyclic) bond motifs is 1. The molecule has 2 aromatic rings. The van der Waals surface area contributed by atoms with Crippen LogP contribution in [0.1, 0.15) is 32.1 Å². The highest BCUT2D eigenvalue weighted by atomic mass is 32.2. The van der Waals surface area contributed by atoms with Gasteiger partial charge < -0.3 is 10.2 Å². The van der Waals surface area contributed by atoms with E-state index >= 15 is 0 Å². The first kappa shape index (κ1) is 20.1. The lowest BCUT2D eigenvalue weighted by Gasteiger charge is -2.31. The number of anilines is 2. The molecule has 29 heavy (non-hydrogen) atoms. The van der Waals surface area contributed by atoms with Crippen LogP contribution in [0.4, 0.5) is 11.4 Å². The molecule has 0 saturated carbocycles. The highest BCUT2D eigenvalue weighted by molar-refractivity contribution is 7.88. The monoisotopic (exact) mass is 416 g/mol. The van der Waals surface area contributed by atoms with Gasteiger partial charge in [0, 0.05) is 61.0 Å². The number of rotatable bonds is 4. The summed E-state index contributed by atoms with van der Waals surface area (Å²) in [6.45, 7) is 2.91. The van der Waals surface area contributed by atoms with Crippen LogP contribution in [-0.2, 0) is 14.8 Å². The SMILES string of the molecule is CS(=O)(=O)N1CCC(C(=O)Nc2ccc(N3CCCCC3)c3ccncc23)CC1. The molecule has 2 saturated heterocycles. The standard InChI is InChI=1S/C21H28N4O3S/c1-29(27,28)25-13-8-16(9-14-25)21(26)23-19-5-6-20(24-11-3-2-4-12-24)17-7-10-22-15-18(17)19/h5-7,10,15-16H,2-4,8-9,11-14H2,1H3,(H,23,26). The lowest BCUT2D eigenvalue weighted by atomic mass is 9.97. The van der Waals surface area contributed by atoms with E-state index < -0.39 is 10.0 Å². The van der Waals surface area contributed by atoms with Crippen molar-refractivity contribution in [1.29, 1.82) is 0 Å². The third-order valence-electron chi connectivity index (χ3n) is 6.04. The zero-order chi connectivity index (χ0) is 20.4. The van der Waals surface area contributed by atoms with Gasteiger partial charge in [0.15, 0.2) is 0 Å². The summed E-state index contributed by atoms with van der Waals surface area (Å²) < 4.78 is 24.8. The van der Waals surface area contributed by atoms with Crippen molar-refractivity contribution < 1.29 is 13.2 Å². The summed E-state index contributed by atoms with van der Waals surface area (Å²) in [5, 5.41) is 5.12. The molecule has 156 valence electrons. The van der Waals surface area contributed by atoms with E-state index in [1.165, 1.54) is 35.5 Å². The average Bonchev–Trinajstić information content (AvgIpc) is 2.74. The smallest absolute Gasteiger partial charge is 0.227 e. The molecule has 1 N–H and O–H groups in total. The summed E-state index contributed by atoms with van der Waals surface area (Å²) in [6.07, 6.45) is 9.60. The number of nitrogens with zero attached hydrogens (tertiary/aromatic N) is 3. The van der Waals surface area contributed by atoms with Crippen LogP contribution in [0, 0.1) is 5.92 Å². The molecular weight excluding hydrogens is 388 g/mol. The number of benzene rings is 1. The summed E-state index contributed by atoms with van der Waals surface area (Å²) in [7, 11) is -3.19. The summed E-state index contributed by atoms with van der Waals surface area (Å²) >= 11 is 0. The van der Waals surface area contributed by atoms with E-state index in [1.807, 2.05) is 18.3 Å². The second-order valence-electron chi connectivity index (χ2n) is 8.03. The van der Waals surface area contributed by atoms with Crippen molar-refractivity contribution >= 4 is 38.1 Å². The van der Waals surface area contributed by atoms with Crippen molar-refractivity contribution in [2.45, 2.75) is 32.1 Å². The van der Waals surface area contributed by atoms with Crippen molar-refractivity contribution in [2.75, 3.05) is 42.7 Å². The van der Waals surface area contributed by atoms with Crippen molar-refractivity contribution in [1.82, 2.24) is 9.29 Å². The number of amides is 1. The maximum absolute atomic E-state index is 12.8. The van der Waals surface area contributed by atoms with E-state index in [0.717, 1.165) is 29.5 Å². The molecule has 3 heterocycles. The molecule has 4 rings (SSSR count). The summed E-state index contributed by atoms with van der Waals surface area (Å²) in [5.41, 5.74) is 1.96. The molecule has 0 aliphatic carbocycles. The third-order valence-corrected chi connectivity index (χ3v) is 7.35. The molecule has 0 bridgehead atoms. The zero-order valence-corrected chi connectivity index (χ0v) is 17.6. The van der Waals surface area contributed by atoms with Gasteiger partial charge in [-0.15, -0.1) is 0 Å². The fraction of sp³-hybridized carbons (Fsp3) is 0.524. The summed E-state index contributed by atoms with van der Waals surface area (Å²) in [4.78, 5) is 19.5. The van der Waals surface area contributed by atoms with E-state index in [9.17, 15) is 13.2 Å². The molecule has 0 unspecified atom stereocenters. The molecule has 2 aliphatic heterocycles. The zero-order valence-electron chi connectivity index (χ0n) is 16.8. The predicted octanol–water partition coefficient (Wildman–Crippen LogP) is 2.84. The fourth-order valence-corrected chi connectivity index (χ4v) is 5.25. The van der Waals surface area contributed by atoms with Gasteiger partial charge in [0.05, 0.1) is 11.9 Å². The van der Waals surface area contributed by atoms with E-state index in [2.05, 4.69) is 21.3 Å². The number of aromatic nitrogens is 1. The molecule has 0 spiro atoms. The van der Waals surface area contributed by atoms with Gasteiger partial charge in [0.1, 0.15) is 0 Å². The Labute approximate surface area is 172 Å². The lowest BCUT2D eigenvalue weighted by Crippen LogP contribution is -2.40. The maximum Gasteiger partial charge on any atom is 0.227 e. The largest absolute Gasteiger partial charge is 0.371 e. The van der Waals surface area contributed by atoms with Gasteiger partial charge in [-0.25, -0.2) is 12.7 Å². The Morgan fingerprint density at radius 2 is 1.76 bits per heavy atom. The van der Waals surface area contributed by atoms with Gasteiger partial charge in [0.2, 0.25) is 15.9 Å². The Kier molecular flexibility index (Phi) is 5.74. The van der Waals surface area contributed by atoms with E-state index in [0.29, 0.717) is 25.9 Å². The Hall–Kier alpha value is -2.19. The number of sulfonamides is 1. The Balaban J connectivity index is 1.52. The van der Waals surface area contributed by atoms with Crippen LogP contribution in [0.25, 0.3) is 10.8 Å². The topological polar surface area (TPSA) is 82.6 Å². The normalized spacial score (nSPS) is 19.4. The van der Waals surface area contributed by atoms with Gasteiger partial charge in [0.25, 0.3) is 0 Å². The molecule has 1 aromatic carbocycles. The van der Waals surface area contributed by atoms with E-state index in [-0.39, 0.29) is 11.8 Å². The second-order valence-corrected chi connectivity index (χ2v) is 10.0. The van der Waals surface area contributed by atoms with Gasteiger partial charge >= 0.3 is 0 Å². The summed E-state index contributed by atoms with van der Waals surface area (Å²) in [5.74, 6) is -0.226. The first-order valence-electron chi connectivity index (χ1n) is 10.3. The van der Waals surface area contributed by atoms with Crippen molar-refractivity contribution in [3.63, 3.8) is 0 Å². The Morgan fingerprint density at radius 3 is 2.45 bits per heavy atom. The molecule has 0 radical (unpaired) electrons. The van der Waals surface area contributed by atoms with Gasteiger partial charge in [-0.3, -0.25) is 9.78 Å². The van der Waals surface area contributed by atoms with Crippen LogP contribution in [0.3, 0.4) is 0 Å². The van der Waals surface area contributed by atoms with Gasteiger partial charge in [-0.2, -0.15) is 0 Å². The molecule has 7 nitrogen and oxygen atoms in total. The quantitative estimate of drug-likeness (QED) is 0.829. The Bertz CT molecular complexity index is 994. The molecule has 2 fully saturated rings. The molecule has 1 aromatic heterocycles. The van der Waals surface area contributed by atoms with Crippen molar-refractivity contribution in [3.05, 3.63) is 30.6 Å². The van der Waals surface area contributed by atoms with Gasteiger partial charge in [-0.1, -0.05) is 0 Å². The third kappa shape index (κ3) is 4.38. The van der Waals surface area contributed by atoms with Crippen LogP contribution >= 0.6 is 0 Å². The molecular formula is C21H28N4O3S. The van der Waals surface area contributed by atoms with Gasteiger partial charge in [-0.05, 0) is 50.3 Å². The molecule has 1 amide bonds. The lowest BCUT2D eigenvalue weighted by molar-refractivity contribution is -0.120. The fourth-order valence-electron chi connectivity index (χ4n) is 4.38. The minimum atomic E-state index is -3.19.